The summed E-state index contributed by atoms with van der Waals surface area (Å²) in [6, 6.07) is 1.77. The second kappa shape index (κ2) is 3.29. The minimum absolute atomic E-state index is 0.0742. The highest BCUT2D eigenvalue weighted by molar-refractivity contribution is 7.91. The molecule has 1 fully saturated rings. The van der Waals surface area contributed by atoms with E-state index in [-0.39, 0.29) is 11.5 Å². The van der Waals surface area contributed by atoms with Gasteiger partial charge in [0.2, 0.25) is 6.08 Å². The molecular formula is C7H8N2O3S. The average molecular weight is 200 g/mol. The van der Waals surface area contributed by atoms with Crippen LogP contribution in [0, 0.1) is 11.3 Å². The lowest BCUT2D eigenvalue weighted by atomic mass is 9.99. The first-order valence-electron chi connectivity index (χ1n) is 3.74. The third kappa shape index (κ3) is 2.14. The molecule has 13 heavy (non-hydrogen) atoms. The summed E-state index contributed by atoms with van der Waals surface area (Å²) in [5.41, 5.74) is -1.38. The van der Waals surface area contributed by atoms with Crippen LogP contribution in [0.2, 0.25) is 0 Å². The molecule has 6 heteroatoms. The van der Waals surface area contributed by atoms with E-state index in [0.717, 1.165) is 0 Å². The van der Waals surface area contributed by atoms with E-state index in [4.69, 9.17) is 5.26 Å². The predicted molar refractivity (Wildman–Crippen MR) is 44.4 cm³/mol. The fraction of sp³-hybridized carbons (Fsp3) is 0.714. The lowest BCUT2D eigenvalue weighted by Gasteiger charge is -2.24. The van der Waals surface area contributed by atoms with Crippen molar-refractivity contribution >= 4 is 15.9 Å². The molecule has 0 spiro atoms. The maximum Gasteiger partial charge on any atom is 0.236 e. The van der Waals surface area contributed by atoms with Gasteiger partial charge in [0.15, 0.2) is 15.4 Å². The fourth-order valence-corrected chi connectivity index (χ4v) is 3.11. The average Bonchev–Trinajstić information content (AvgIpc) is 2.03. The summed E-state index contributed by atoms with van der Waals surface area (Å²) in [6.07, 6.45) is 1.95. The van der Waals surface area contributed by atoms with E-state index in [1.807, 2.05) is 0 Å². The number of aliphatic imine (C=N–C) groups is 1. The number of isocyanates is 1. The Balaban J connectivity index is 3.04. The van der Waals surface area contributed by atoms with Crippen LogP contribution >= 0.6 is 0 Å². The number of hydrogen-bond donors (Lipinski definition) is 0. The number of nitriles is 1. The Morgan fingerprint density at radius 2 is 2.15 bits per heavy atom. The molecule has 1 atom stereocenters. The summed E-state index contributed by atoms with van der Waals surface area (Å²) in [5.74, 6) is -0.281. The van der Waals surface area contributed by atoms with Crippen LogP contribution in [0.15, 0.2) is 4.99 Å². The second-order valence-corrected chi connectivity index (χ2v) is 5.23. The summed E-state index contributed by atoms with van der Waals surface area (Å²) < 4.78 is 22.3. The topological polar surface area (TPSA) is 87.4 Å². The molecule has 1 heterocycles. The van der Waals surface area contributed by atoms with Gasteiger partial charge in [-0.3, -0.25) is 0 Å². The molecule has 5 nitrogen and oxygen atoms in total. The van der Waals surface area contributed by atoms with Crippen LogP contribution < -0.4 is 0 Å². The molecule has 0 bridgehead atoms. The van der Waals surface area contributed by atoms with Gasteiger partial charge in [0.05, 0.1) is 17.6 Å². The zero-order valence-electron chi connectivity index (χ0n) is 6.86. The Labute approximate surface area is 76.0 Å². The van der Waals surface area contributed by atoms with E-state index in [2.05, 4.69) is 4.99 Å². The van der Waals surface area contributed by atoms with Crippen LogP contribution in [0.5, 0.6) is 0 Å². The summed E-state index contributed by atoms with van der Waals surface area (Å²) in [6.45, 7) is 0. The molecule has 0 aliphatic carbocycles. The Kier molecular flexibility index (Phi) is 2.50. The minimum Gasteiger partial charge on any atom is -0.229 e. The summed E-state index contributed by atoms with van der Waals surface area (Å²) in [7, 11) is -3.22. The van der Waals surface area contributed by atoms with E-state index < -0.39 is 15.4 Å². The van der Waals surface area contributed by atoms with Crippen molar-refractivity contribution in [2.45, 2.75) is 18.4 Å². The zero-order chi connectivity index (χ0) is 9.95. The minimum atomic E-state index is -3.22. The van der Waals surface area contributed by atoms with Crippen LogP contribution in [0.3, 0.4) is 0 Å². The van der Waals surface area contributed by atoms with Crippen LogP contribution in [0.25, 0.3) is 0 Å². The van der Waals surface area contributed by atoms with Gasteiger partial charge in [0.25, 0.3) is 0 Å². The molecule has 0 saturated carbocycles. The summed E-state index contributed by atoms with van der Waals surface area (Å²) in [5, 5.41) is 8.72. The van der Waals surface area contributed by atoms with Gasteiger partial charge in [-0.15, -0.1) is 0 Å². The Morgan fingerprint density at radius 1 is 1.46 bits per heavy atom. The van der Waals surface area contributed by atoms with Gasteiger partial charge in [0.1, 0.15) is 0 Å². The van der Waals surface area contributed by atoms with Crippen LogP contribution in [-0.2, 0) is 14.6 Å². The van der Waals surface area contributed by atoms with Gasteiger partial charge in [-0.25, -0.2) is 13.2 Å². The van der Waals surface area contributed by atoms with E-state index in [9.17, 15) is 13.2 Å². The van der Waals surface area contributed by atoms with Gasteiger partial charge < -0.3 is 0 Å². The van der Waals surface area contributed by atoms with Crippen molar-refractivity contribution in [2.24, 2.45) is 4.99 Å². The van der Waals surface area contributed by atoms with Gasteiger partial charge >= 0.3 is 0 Å². The normalized spacial score (nSPS) is 31.3. The molecule has 0 aromatic carbocycles. The van der Waals surface area contributed by atoms with E-state index in [0.29, 0.717) is 12.8 Å². The molecule has 70 valence electrons. The smallest absolute Gasteiger partial charge is 0.229 e. The fourth-order valence-electron chi connectivity index (χ4n) is 1.38. The number of carbonyl (C=O) groups excluding carboxylic acids is 1. The largest absolute Gasteiger partial charge is 0.236 e. The molecule has 1 aliphatic heterocycles. The zero-order valence-corrected chi connectivity index (χ0v) is 7.67. The molecule has 0 aromatic rings. The molecule has 1 unspecified atom stereocenters. The third-order valence-corrected chi connectivity index (χ3v) is 3.80. The number of rotatable bonds is 1. The monoisotopic (exact) mass is 200 g/mol. The second-order valence-electron chi connectivity index (χ2n) is 3.04. The highest BCUT2D eigenvalue weighted by Crippen LogP contribution is 2.25. The lowest BCUT2D eigenvalue weighted by molar-refractivity contribution is 0.488. The van der Waals surface area contributed by atoms with E-state index in [1.54, 1.807) is 6.07 Å². The molecule has 1 saturated heterocycles. The van der Waals surface area contributed by atoms with E-state index in [1.165, 1.54) is 6.08 Å². The van der Waals surface area contributed by atoms with Crippen LogP contribution in [-0.4, -0.2) is 31.5 Å². The molecule has 0 radical (unpaired) electrons. The predicted octanol–water partition coefficient (Wildman–Crippen LogP) is -0.207. The number of hydrogen-bond acceptors (Lipinski definition) is 5. The first kappa shape index (κ1) is 9.90. The molecule has 0 N–H and O–H groups in total. The maximum absolute atomic E-state index is 11.2. The van der Waals surface area contributed by atoms with Gasteiger partial charge in [-0.2, -0.15) is 10.3 Å². The van der Waals surface area contributed by atoms with Crippen molar-refractivity contribution in [3.63, 3.8) is 0 Å². The molecule has 0 amide bonds. The SMILES string of the molecule is N#CC1(N=C=O)CCCS(=O)(=O)C1. The Bertz CT molecular complexity index is 388. The lowest BCUT2D eigenvalue weighted by Crippen LogP contribution is -2.39. The van der Waals surface area contributed by atoms with Crippen molar-refractivity contribution < 1.29 is 13.2 Å². The first-order valence-corrected chi connectivity index (χ1v) is 5.56. The standard InChI is InChI=1S/C7H8N2O3S/c8-4-7(9-6-10)2-1-3-13(11,12)5-7/h1-3,5H2. The van der Waals surface area contributed by atoms with Gasteiger partial charge in [-0.05, 0) is 12.8 Å². The maximum atomic E-state index is 11.2. The molecule has 1 aliphatic rings. The van der Waals surface area contributed by atoms with Crippen LogP contribution in [0.1, 0.15) is 12.8 Å². The van der Waals surface area contributed by atoms with Crippen molar-refractivity contribution in [1.29, 1.82) is 5.26 Å². The quantitative estimate of drug-likeness (QED) is 0.433. The molecule has 1 rings (SSSR count). The Hall–Kier alpha value is -1.18. The van der Waals surface area contributed by atoms with Crippen molar-refractivity contribution in [2.75, 3.05) is 11.5 Å². The van der Waals surface area contributed by atoms with E-state index >= 15 is 0 Å². The van der Waals surface area contributed by atoms with Gasteiger partial charge in [0, 0.05) is 0 Å². The van der Waals surface area contributed by atoms with Crippen molar-refractivity contribution in [3.8, 4) is 6.07 Å². The summed E-state index contributed by atoms with van der Waals surface area (Å²) in [4.78, 5) is 13.3. The first-order chi connectivity index (χ1) is 6.04. The molecule has 0 aromatic heterocycles. The highest BCUT2D eigenvalue weighted by Gasteiger charge is 2.39. The Morgan fingerprint density at radius 3 is 2.62 bits per heavy atom. The summed E-state index contributed by atoms with van der Waals surface area (Å²) >= 11 is 0. The van der Waals surface area contributed by atoms with Crippen molar-refractivity contribution in [1.82, 2.24) is 0 Å². The van der Waals surface area contributed by atoms with Gasteiger partial charge in [-0.1, -0.05) is 0 Å². The third-order valence-electron chi connectivity index (χ3n) is 1.97. The molecular weight excluding hydrogens is 192 g/mol. The number of nitrogens with zero attached hydrogens (tertiary/aromatic N) is 2. The highest BCUT2D eigenvalue weighted by atomic mass is 32.2. The van der Waals surface area contributed by atoms with Crippen molar-refractivity contribution in [3.05, 3.63) is 0 Å². The number of sulfone groups is 1. The van der Waals surface area contributed by atoms with Crippen LogP contribution in [0.4, 0.5) is 0 Å².